The van der Waals surface area contributed by atoms with Gasteiger partial charge in [-0.15, -0.1) is 5.10 Å². The highest BCUT2D eigenvalue weighted by atomic mass is 15.4. The molecule has 0 radical (unpaired) electrons. The molecular weight excluding hydrogens is 212 g/mol. The van der Waals surface area contributed by atoms with Crippen LogP contribution in [0.15, 0.2) is 18.2 Å². The van der Waals surface area contributed by atoms with Gasteiger partial charge in [-0.05, 0) is 43.9 Å². The van der Waals surface area contributed by atoms with Gasteiger partial charge in [0.05, 0.1) is 11.4 Å². The van der Waals surface area contributed by atoms with E-state index in [-0.39, 0.29) is 0 Å². The van der Waals surface area contributed by atoms with Crippen LogP contribution < -0.4 is 5.73 Å². The van der Waals surface area contributed by atoms with Crippen molar-refractivity contribution < 1.29 is 0 Å². The van der Waals surface area contributed by atoms with E-state index in [2.05, 4.69) is 36.3 Å². The fraction of sp³-hybridized carbons (Fsp3) is 0.385. The molecule has 1 saturated carbocycles. The summed E-state index contributed by atoms with van der Waals surface area (Å²) in [7, 11) is 0. The van der Waals surface area contributed by atoms with Gasteiger partial charge in [0.2, 0.25) is 0 Å². The number of nitrogen functional groups attached to an aromatic ring is 1. The summed E-state index contributed by atoms with van der Waals surface area (Å²) in [4.78, 5) is 0. The van der Waals surface area contributed by atoms with E-state index in [0.717, 1.165) is 11.4 Å². The molecule has 3 rings (SSSR count). The molecule has 1 aliphatic carbocycles. The quantitative estimate of drug-likeness (QED) is 0.858. The van der Waals surface area contributed by atoms with E-state index in [1.807, 2.05) is 10.7 Å². The maximum Gasteiger partial charge on any atom is 0.169 e. The van der Waals surface area contributed by atoms with Gasteiger partial charge >= 0.3 is 0 Å². The highest BCUT2D eigenvalue weighted by molar-refractivity contribution is 5.49. The number of hydrogen-bond donors (Lipinski definition) is 1. The normalized spacial score (nSPS) is 15.2. The molecule has 2 aromatic rings. The molecule has 1 fully saturated rings. The van der Waals surface area contributed by atoms with E-state index in [1.54, 1.807) is 0 Å². The van der Waals surface area contributed by atoms with Gasteiger partial charge in [0.15, 0.2) is 5.82 Å². The second-order valence-corrected chi connectivity index (χ2v) is 4.77. The number of benzene rings is 1. The molecule has 1 aromatic heterocycles. The van der Waals surface area contributed by atoms with Gasteiger partial charge in [-0.2, -0.15) is 0 Å². The SMILES string of the molecule is Cc1cccc(-n2nnc(N)c2C2CC2)c1C. The van der Waals surface area contributed by atoms with Gasteiger partial charge < -0.3 is 5.73 Å². The molecule has 1 heterocycles. The number of nitrogens with two attached hydrogens (primary N) is 1. The molecule has 0 bridgehead atoms. The molecule has 0 aliphatic heterocycles. The van der Waals surface area contributed by atoms with Crippen LogP contribution in [0.25, 0.3) is 5.69 Å². The van der Waals surface area contributed by atoms with Crippen LogP contribution in [0.5, 0.6) is 0 Å². The molecule has 0 saturated heterocycles. The summed E-state index contributed by atoms with van der Waals surface area (Å²) in [6, 6.07) is 6.23. The Bertz CT molecular complexity index is 567. The highest BCUT2D eigenvalue weighted by Gasteiger charge is 2.31. The van der Waals surface area contributed by atoms with Gasteiger partial charge in [-0.3, -0.25) is 0 Å². The van der Waals surface area contributed by atoms with Crippen LogP contribution in [0.4, 0.5) is 5.82 Å². The van der Waals surface area contributed by atoms with E-state index in [4.69, 9.17) is 5.73 Å². The van der Waals surface area contributed by atoms with E-state index in [1.165, 1.54) is 24.0 Å². The number of rotatable bonds is 2. The topological polar surface area (TPSA) is 56.7 Å². The van der Waals surface area contributed by atoms with E-state index >= 15 is 0 Å². The Labute approximate surface area is 100 Å². The Morgan fingerprint density at radius 2 is 2.06 bits per heavy atom. The van der Waals surface area contributed by atoms with Crippen molar-refractivity contribution in [2.45, 2.75) is 32.6 Å². The molecule has 0 amide bonds. The lowest BCUT2D eigenvalue weighted by atomic mass is 10.1. The van der Waals surface area contributed by atoms with Crippen LogP contribution in [-0.4, -0.2) is 15.0 Å². The zero-order chi connectivity index (χ0) is 12.0. The molecule has 88 valence electrons. The number of anilines is 1. The molecule has 0 spiro atoms. The lowest BCUT2D eigenvalue weighted by Crippen LogP contribution is -2.05. The lowest BCUT2D eigenvalue weighted by Gasteiger charge is -2.10. The van der Waals surface area contributed by atoms with Crippen LogP contribution in [-0.2, 0) is 0 Å². The Morgan fingerprint density at radius 1 is 1.29 bits per heavy atom. The maximum atomic E-state index is 5.91. The second kappa shape index (κ2) is 3.58. The van der Waals surface area contributed by atoms with Gasteiger partial charge in [-0.25, -0.2) is 4.68 Å². The predicted molar refractivity (Wildman–Crippen MR) is 67.2 cm³/mol. The monoisotopic (exact) mass is 228 g/mol. The fourth-order valence-electron chi connectivity index (χ4n) is 2.18. The number of aromatic nitrogens is 3. The molecule has 1 aliphatic rings. The molecule has 0 atom stereocenters. The molecular formula is C13H16N4. The summed E-state index contributed by atoms with van der Waals surface area (Å²) in [5, 5.41) is 8.21. The Balaban J connectivity index is 2.18. The molecule has 4 heteroatoms. The first kappa shape index (κ1) is 10.3. The summed E-state index contributed by atoms with van der Waals surface area (Å²) in [6.45, 7) is 4.22. The van der Waals surface area contributed by atoms with Crippen LogP contribution in [0.2, 0.25) is 0 Å². The predicted octanol–water partition coefficient (Wildman–Crippen LogP) is 2.34. The average molecular weight is 228 g/mol. The summed E-state index contributed by atoms with van der Waals surface area (Å²) < 4.78 is 1.91. The Kier molecular flexibility index (Phi) is 2.18. The third kappa shape index (κ3) is 1.60. The first-order valence-electron chi connectivity index (χ1n) is 5.96. The van der Waals surface area contributed by atoms with Gasteiger partial charge in [0.25, 0.3) is 0 Å². The van der Waals surface area contributed by atoms with Crippen molar-refractivity contribution in [3.63, 3.8) is 0 Å². The minimum absolute atomic E-state index is 0.546. The number of aryl methyl sites for hydroxylation is 1. The van der Waals surface area contributed by atoms with Crippen molar-refractivity contribution in [2.75, 3.05) is 5.73 Å². The van der Waals surface area contributed by atoms with E-state index in [0.29, 0.717) is 11.7 Å². The second-order valence-electron chi connectivity index (χ2n) is 4.77. The summed E-state index contributed by atoms with van der Waals surface area (Å²) in [5.41, 5.74) is 10.6. The first-order valence-corrected chi connectivity index (χ1v) is 5.96. The third-order valence-corrected chi connectivity index (χ3v) is 3.50. The third-order valence-electron chi connectivity index (χ3n) is 3.50. The standard InChI is InChI=1S/C13H16N4/c1-8-4-3-5-11(9(8)2)17-12(10-6-7-10)13(14)15-16-17/h3-5,10H,6-7,14H2,1-2H3. The Hall–Kier alpha value is -1.84. The minimum Gasteiger partial charge on any atom is -0.381 e. The Morgan fingerprint density at radius 3 is 2.76 bits per heavy atom. The zero-order valence-corrected chi connectivity index (χ0v) is 10.1. The smallest absolute Gasteiger partial charge is 0.169 e. The van der Waals surface area contributed by atoms with Crippen LogP contribution in [0, 0.1) is 13.8 Å². The van der Waals surface area contributed by atoms with Crippen molar-refractivity contribution >= 4 is 5.82 Å². The first-order chi connectivity index (χ1) is 8.18. The molecule has 1 aromatic carbocycles. The van der Waals surface area contributed by atoms with Crippen molar-refractivity contribution in [3.05, 3.63) is 35.0 Å². The van der Waals surface area contributed by atoms with Crippen molar-refractivity contribution in [2.24, 2.45) is 0 Å². The highest BCUT2D eigenvalue weighted by Crippen LogP contribution is 2.42. The molecule has 2 N–H and O–H groups in total. The molecule has 0 unspecified atom stereocenters. The lowest BCUT2D eigenvalue weighted by molar-refractivity contribution is 0.758. The zero-order valence-electron chi connectivity index (χ0n) is 10.1. The summed E-state index contributed by atoms with van der Waals surface area (Å²) in [6.07, 6.45) is 2.39. The van der Waals surface area contributed by atoms with Crippen LogP contribution >= 0.6 is 0 Å². The van der Waals surface area contributed by atoms with E-state index in [9.17, 15) is 0 Å². The number of hydrogen-bond acceptors (Lipinski definition) is 3. The average Bonchev–Trinajstić information content (AvgIpc) is 3.07. The minimum atomic E-state index is 0.546. The van der Waals surface area contributed by atoms with Crippen molar-refractivity contribution in [3.8, 4) is 5.69 Å². The largest absolute Gasteiger partial charge is 0.381 e. The molecule has 4 nitrogen and oxygen atoms in total. The molecule has 17 heavy (non-hydrogen) atoms. The van der Waals surface area contributed by atoms with Crippen molar-refractivity contribution in [1.29, 1.82) is 0 Å². The maximum absolute atomic E-state index is 5.91. The summed E-state index contributed by atoms with van der Waals surface area (Å²) >= 11 is 0. The van der Waals surface area contributed by atoms with E-state index < -0.39 is 0 Å². The van der Waals surface area contributed by atoms with Crippen molar-refractivity contribution in [1.82, 2.24) is 15.0 Å². The van der Waals surface area contributed by atoms with Gasteiger partial charge in [-0.1, -0.05) is 17.3 Å². The van der Waals surface area contributed by atoms with Crippen LogP contribution in [0.3, 0.4) is 0 Å². The fourth-order valence-corrected chi connectivity index (χ4v) is 2.18. The van der Waals surface area contributed by atoms with Gasteiger partial charge in [0, 0.05) is 5.92 Å². The van der Waals surface area contributed by atoms with Crippen LogP contribution in [0.1, 0.15) is 35.6 Å². The number of nitrogens with zero attached hydrogens (tertiary/aromatic N) is 3. The summed E-state index contributed by atoms with van der Waals surface area (Å²) in [5.74, 6) is 1.12. The van der Waals surface area contributed by atoms with Gasteiger partial charge in [0.1, 0.15) is 0 Å².